The molecule has 1 heterocycles. The molecule has 1 atom stereocenters. The zero-order chi connectivity index (χ0) is 10.7. The Labute approximate surface area is 84.7 Å². The second-order valence-electron chi connectivity index (χ2n) is 3.80. The summed E-state index contributed by atoms with van der Waals surface area (Å²) in [5.74, 6) is 0. The van der Waals surface area contributed by atoms with Gasteiger partial charge in [-0.1, -0.05) is 0 Å². The Balaban J connectivity index is 2.55. The van der Waals surface area contributed by atoms with E-state index in [0.717, 1.165) is 36.5 Å². The lowest BCUT2D eigenvalue weighted by Crippen LogP contribution is -2.06. The standard InChI is InChI=1S/C10H19N3O/c1-7(14)5-4-6-13-9(3)10(11)8(2)12-13/h7,14H,4-6,11H2,1-3H3. The molecule has 0 radical (unpaired) electrons. The van der Waals surface area contributed by atoms with Gasteiger partial charge in [0.1, 0.15) is 0 Å². The Bertz CT molecular complexity index is 305. The van der Waals surface area contributed by atoms with Crippen molar-refractivity contribution in [3.05, 3.63) is 11.4 Å². The van der Waals surface area contributed by atoms with Crippen LogP contribution in [0.15, 0.2) is 0 Å². The maximum Gasteiger partial charge on any atom is 0.0825 e. The monoisotopic (exact) mass is 197 g/mol. The topological polar surface area (TPSA) is 64.1 Å². The van der Waals surface area contributed by atoms with Gasteiger partial charge in [0.25, 0.3) is 0 Å². The molecule has 0 spiro atoms. The van der Waals surface area contributed by atoms with E-state index in [2.05, 4.69) is 5.10 Å². The van der Waals surface area contributed by atoms with Crippen LogP contribution in [0.1, 0.15) is 31.2 Å². The largest absolute Gasteiger partial charge is 0.396 e. The fourth-order valence-corrected chi connectivity index (χ4v) is 1.46. The van der Waals surface area contributed by atoms with Gasteiger partial charge < -0.3 is 10.8 Å². The first kappa shape index (κ1) is 11.0. The molecule has 0 saturated heterocycles. The van der Waals surface area contributed by atoms with Crippen LogP contribution in [0.4, 0.5) is 5.69 Å². The molecular weight excluding hydrogens is 178 g/mol. The fraction of sp³-hybridized carbons (Fsp3) is 0.700. The summed E-state index contributed by atoms with van der Waals surface area (Å²) in [6.07, 6.45) is 1.50. The summed E-state index contributed by atoms with van der Waals surface area (Å²) in [4.78, 5) is 0. The van der Waals surface area contributed by atoms with E-state index in [1.165, 1.54) is 0 Å². The highest BCUT2D eigenvalue weighted by Crippen LogP contribution is 2.15. The fourth-order valence-electron chi connectivity index (χ4n) is 1.46. The van der Waals surface area contributed by atoms with Crippen molar-refractivity contribution < 1.29 is 5.11 Å². The van der Waals surface area contributed by atoms with E-state index in [-0.39, 0.29) is 6.10 Å². The SMILES string of the molecule is Cc1nn(CCCC(C)O)c(C)c1N. The Morgan fingerprint density at radius 3 is 2.57 bits per heavy atom. The minimum absolute atomic E-state index is 0.232. The average Bonchev–Trinajstić information content (AvgIpc) is 2.33. The van der Waals surface area contributed by atoms with Gasteiger partial charge in [0.2, 0.25) is 0 Å². The maximum absolute atomic E-state index is 9.11. The van der Waals surface area contributed by atoms with E-state index in [0.29, 0.717) is 0 Å². The number of nitrogen functional groups attached to an aromatic ring is 1. The predicted octanol–water partition coefficient (Wildman–Crippen LogP) is 1.24. The van der Waals surface area contributed by atoms with Gasteiger partial charge in [0.15, 0.2) is 0 Å². The average molecular weight is 197 g/mol. The van der Waals surface area contributed by atoms with Crippen LogP contribution in [0.5, 0.6) is 0 Å². The molecule has 4 heteroatoms. The van der Waals surface area contributed by atoms with Gasteiger partial charge in [-0.2, -0.15) is 5.10 Å². The number of anilines is 1. The van der Waals surface area contributed by atoms with Crippen molar-refractivity contribution in [2.45, 2.75) is 46.3 Å². The third-order valence-corrected chi connectivity index (χ3v) is 2.43. The number of nitrogens with two attached hydrogens (primary N) is 1. The molecule has 0 aliphatic rings. The van der Waals surface area contributed by atoms with Crippen molar-refractivity contribution in [3.8, 4) is 0 Å². The highest BCUT2D eigenvalue weighted by molar-refractivity contribution is 5.46. The van der Waals surface area contributed by atoms with Gasteiger partial charge in [-0.05, 0) is 33.6 Å². The number of aliphatic hydroxyl groups is 1. The number of aryl methyl sites for hydroxylation is 2. The van der Waals surface area contributed by atoms with E-state index in [9.17, 15) is 0 Å². The molecule has 0 bridgehead atoms. The third kappa shape index (κ3) is 2.48. The van der Waals surface area contributed by atoms with Crippen LogP contribution < -0.4 is 5.73 Å². The Kier molecular flexibility index (Phi) is 3.52. The summed E-state index contributed by atoms with van der Waals surface area (Å²) in [5, 5.41) is 13.4. The summed E-state index contributed by atoms with van der Waals surface area (Å²) < 4.78 is 1.91. The number of hydrogen-bond donors (Lipinski definition) is 2. The van der Waals surface area contributed by atoms with Crippen molar-refractivity contribution in [2.75, 3.05) is 5.73 Å². The molecule has 0 saturated carbocycles. The van der Waals surface area contributed by atoms with Crippen LogP contribution in [0.3, 0.4) is 0 Å². The van der Waals surface area contributed by atoms with Crippen molar-refractivity contribution in [3.63, 3.8) is 0 Å². The van der Waals surface area contributed by atoms with Crippen LogP contribution in [-0.4, -0.2) is 21.0 Å². The Hall–Kier alpha value is -1.03. The van der Waals surface area contributed by atoms with Gasteiger partial charge in [0, 0.05) is 6.54 Å². The molecule has 0 aliphatic carbocycles. The molecule has 1 unspecified atom stereocenters. The van der Waals surface area contributed by atoms with Crippen molar-refractivity contribution in [1.82, 2.24) is 9.78 Å². The van der Waals surface area contributed by atoms with Gasteiger partial charge >= 0.3 is 0 Å². The molecule has 0 aromatic carbocycles. The van der Waals surface area contributed by atoms with Crippen LogP contribution in [0.2, 0.25) is 0 Å². The van der Waals surface area contributed by atoms with Gasteiger partial charge in [-0.15, -0.1) is 0 Å². The number of aliphatic hydroxyl groups excluding tert-OH is 1. The molecule has 3 N–H and O–H groups in total. The van der Waals surface area contributed by atoms with Gasteiger partial charge in [-0.3, -0.25) is 4.68 Å². The smallest absolute Gasteiger partial charge is 0.0825 e. The van der Waals surface area contributed by atoms with Crippen molar-refractivity contribution >= 4 is 5.69 Å². The van der Waals surface area contributed by atoms with Crippen molar-refractivity contribution in [2.24, 2.45) is 0 Å². The highest BCUT2D eigenvalue weighted by Gasteiger charge is 2.07. The molecule has 4 nitrogen and oxygen atoms in total. The number of nitrogens with zero attached hydrogens (tertiary/aromatic N) is 2. The van der Waals surface area contributed by atoms with Crippen LogP contribution in [-0.2, 0) is 6.54 Å². The first-order chi connectivity index (χ1) is 6.52. The van der Waals surface area contributed by atoms with Crippen LogP contribution in [0.25, 0.3) is 0 Å². The summed E-state index contributed by atoms with van der Waals surface area (Å²) >= 11 is 0. The lowest BCUT2D eigenvalue weighted by Gasteiger charge is -2.05. The first-order valence-corrected chi connectivity index (χ1v) is 5.00. The van der Waals surface area contributed by atoms with Crippen LogP contribution >= 0.6 is 0 Å². The Morgan fingerprint density at radius 1 is 1.50 bits per heavy atom. The van der Waals surface area contributed by atoms with E-state index >= 15 is 0 Å². The zero-order valence-corrected chi connectivity index (χ0v) is 9.12. The summed E-state index contributed by atoms with van der Waals surface area (Å²) in [7, 11) is 0. The second kappa shape index (κ2) is 4.46. The number of rotatable bonds is 4. The van der Waals surface area contributed by atoms with E-state index < -0.39 is 0 Å². The minimum Gasteiger partial charge on any atom is -0.396 e. The van der Waals surface area contributed by atoms with Crippen molar-refractivity contribution in [1.29, 1.82) is 0 Å². The van der Waals surface area contributed by atoms with E-state index in [1.807, 2.05) is 18.5 Å². The molecule has 1 aromatic rings. The normalized spacial score (nSPS) is 13.1. The zero-order valence-electron chi connectivity index (χ0n) is 9.12. The lowest BCUT2D eigenvalue weighted by molar-refractivity contribution is 0.179. The molecular formula is C10H19N3O. The van der Waals surface area contributed by atoms with E-state index in [4.69, 9.17) is 10.8 Å². The molecule has 0 fully saturated rings. The van der Waals surface area contributed by atoms with E-state index in [1.54, 1.807) is 6.92 Å². The van der Waals surface area contributed by atoms with Gasteiger partial charge in [0.05, 0.1) is 23.2 Å². The third-order valence-electron chi connectivity index (χ3n) is 2.43. The number of hydrogen-bond acceptors (Lipinski definition) is 3. The molecule has 14 heavy (non-hydrogen) atoms. The summed E-state index contributed by atoms with van der Waals surface area (Å²) in [6.45, 7) is 6.51. The quantitative estimate of drug-likeness (QED) is 0.763. The summed E-state index contributed by atoms with van der Waals surface area (Å²) in [5.41, 5.74) is 8.49. The predicted molar refractivity (Wildman–Crippen MR) is 57.0 cm³/mol. The molecule has 1 rings (SSSR count). The second-order valence-corrected chi connectivity index (χ2v) is 3.80. The molecule has 0 aliphatic heterocycles. The molecule has 1 aromatic heterocycles. The maximum atomic E-state index is 9.11. The van der Waals surface area contributed by atoms with Crippen LogP contribution in [0, 0.1) is 13.8 Å². The summed E-state index contributed by atoms with van der Waals surface area (Å²) in [6, 6.07) is 0. The minimum atomic E-state index is -0.232. The Morgan fingerprint density at radius 2 is 2.14 bits per heavy atom. The number of aromatic nitrogens is 2. The molecule has 0 amide bonds. The lowest BCUT2D eigenvalue weighted by atomic mass is 10.2. The first-order valence-electron chi connectivity index (χ1n) is 5.00. The highest BCUT2D eigenvalue weighted by atomic mass is 16.3. The molecule has 80 valence electrons. The van der Waals surface area contributed by atoms with Gasteiger partial charge in [-0.25, -0.2) is 0 Å².